The van der Waals surface area contributed by atoms with Gasteiger partial charge in [0, 0.05) is 37.7 Å². The minimum absolute atomic E-state index is 0.0121. The number of amides is 1. The van der Waals surface area contributed by atoms with Crippen LogP contribution >= 0.6 is 0 Å². The SMILES string of the molecule is Cn1cc(C(=O)N2CCc3cnccc32)c(-c2ccccc2)n1. The van der Waals surface area contributed by atoms with Gasteiger partial charge in [-0.15, -0.1) is 0 Å². The fraction of sp³-hybridized carbons (Fsp3) is 0.167. The number of rotatable bonds is 2. The number of hydrogen-bond donors (Lipinski definition) is 0. The fourth-order valence-corrected chi connectivity index (χ4v) is 3.04. The first-order valence-electron chi connectivity index (χ1n) is 7.58. The van der Waals surface area contributed by atoms with Crippen molar-refractivity contribution >= 4 is 11.6 Å². The normalized spacial score (nSPS) is 13.2. The van der Waals surface area contributed by atoms with Crippen LogP contribution in [0.15, 0.2) is 55.0 Å². The van der Waals surface area contributed by atoms with Crippen molar-refractivity contribution in [3.05, 3.63) is 66.1 Å². The molecule has 1 aromatic carbocycles. The Bertz CT molecular complexity index is 870. The van der Waals surface area contributed by atoms with Crippen molar-refractivity contribution in [1.29, 1.82) is 0 Å². The zero-order valence-corrected chi connectivity index (χ0v) is 12.8. The first kappa shape index (κ1) is 13.7. The van der Waals surface area contributed by atoms with Crippen LogP contribution in [0.2, 0.25) is 0 Å². The van der Waals surface area contributed by atoms with Gasteiger partial charge in [-0.25, -0.2) is 0 Å². The Morgan fingerprint density at radius 1 is 1.17 bits per heavy atom. The van der Waals surface area contributed by atoms with Gasteiger partial charge in [0.25, 0.3) is 5.91 Å². The van der Waals surface area contributed by atoms with E-state index in [4.69, 9.17) is 0 Å². The molecule has 23 heavy (non-hydrogen) atoms. The molecule has 5 nitrogen and oxygen atoms in total. The summed E-state index contributed by atoms with van der Waals surface area (Å²) in [4.78, 5) is 19.0. The van der Waals surface area contributed by atoms with Crippen molar-refractivity contribution in [2.45, 2.75) is 6.42 Å². The van der Waals surface area contributed by atoms with Gasteiger partial charge >= 0.3 is 0 Å². The van der Waals surface area contributed by atoms with Crippen molar-refractivity contribution < 1.29 is 4.79 Å². The Morgan fingerprint density at radius 2 is 2.00 bits per heavy atom. The first-order valence-corrected chi connectivity index (χ1v) is 7.58. The van der Waals surface area contributed by atoms with E-state index in [0.29, 0.717) is 12.1 Å². The number of aromatic nitrogens is 3. The van der Waals surface area contributed by atoms with Crippen LogP contribution in [0.3, 0.4) is 0 Å². The Hall–Kier alpha value is -2.95. The topological polar surface area (TPSA) is 51.0 Å². The number of benzene rings is 1. The summed E-state index contributed by atoms with van der Waals surface area (Å²) in [6.45, 7) is 0.684. The van der Waals surface area contributed by atoms with E-state index in [1.807, 2.05) is 54.5 Å². The molecule has 1 aliphatic heterocycles. The van der Waals surface area contributed by atoms with Gasteiger partial charge in [-0.3, -0.25) is 14.5 Å². The minimum atomic E-state index is -0.0121. The molecule has 3 aromatic rings. The van der Waals surface area contributed by atoms with Gasteiger partial charge < -0.3 is 4.90 Å². The highest BCUT2D eigenvalue weighted by atomic mass is 16.2. The molecule has 0 aliphatic carbocycles. The average molecular weight is 304 g/mol. The summed E-state index contributed by atoms with van der Waals surface area (Å²) < 4.78 is 1.69. The molecule has 1 aliphatic rings. The molecule has 5 heteroatoms. The Kier molecular flexibility index (Phi) is 3.19. The van der Waals surface area contributed by atoms with E-state index in [9.17, 15) is 4.79 Å². The molecular formula is C18H16N4O. The van der Waals surface area contributed by atoms with Gasteiger partial charge in [-0.1, -0.05) is 30.3 Å². The van der Waals surface area contributed by atoms with E-state index < -0.39 is 0 Å². The van der Waals surface area contributed by atoms with E-state index in [1.54, 1.807) is 17.1 Å². The summed E-state index contributed by atoms with van der Waals surface area (Å²) in [5, 5.41) is 4.49. The molecule has 0 spiro atoms. The van der Waals surface area contributed by atoms with E-state index in [1.165, 1.54) is 0 Å². The second-order valence-corrected chi connectivity index (χ2v) is 5.64. The fourth-order valence-electron chi connectivity index (χ4n) is 3.04. The lowest BCUT2D eigenvalue weighted by Crippen LogP contribution is -2.29. The molecule has 0 unspecified atom stereocenters. The standard InChI is InChI=1S/C18H16N4O/c1-21-12-15(17(20-21)13-5-3-2-4-6-13)18(23)22-10-8-14-11-19-9-7-16(14)22/h2-7,9,11-12H,8,10H2,1H3. The number of carbonyl (C=O) groups is 1. The minimum Gasteiger partial charge on any atom is -0.308 e. The van der Waals surface area contributed by atoms with Crippen LogP contribution in [0.1, 0.15) is 15.9 Å². The molecule has 0 atom stereocenters. The van der Waals surface area contributed by atoms with Gasteiger partial charge in [0.15, 0.2) is 0 Å². The molecule has 0 bridgehead atoms. The third-order valence-electron chi connectivity index (χ3n) is 4.12. The second-order valence-electron chi connectivity index (χ2n) is 5.64. The highest BCUT2D eigenvalue weighted by Crippen LogP contribution is 2.30. The van der Waals surface area contributed by atoms with Crippen LogP contribution < -0.4 is 4.90 Å². The third-order valence-corrected chi connectivity index (χ3v) is 4.12. The van der Waals surface area contributed by atoms with E-state index in [-0.39, 0.29) is 5.91 Å². The molecule has 0 fully saturated rings. The second kappa shape index (κ2) is 5.35. The monoisotopic (exact) mass is 304 g/mol. The molecule has 0 radical (unpaired) electrons. The summed E-state index contributed by atoms with van der Waals surface area (Å²) >= 11 is 0. The number of anilines is 1. The van der Waals surface area contributed by atoms with Crippen molar-refractivity contribution in [1.82, 2.24) is 14.8 Å². The summed E-state index contributed by atoms with van der Waals surface area (Å²) in [5.41, 5.74) is 4.37. The largest absolute Gasteiger partial charge is 0.308 e. The van der Waals surface area contributed by atoms with Crippen molar-refractivity contribution in [2.24, 2.45) is 7.05 Å². The van der Waals surface area contributed by atoms with Crippen molar-refractivity contribution in [3.63, 3.8) is 0 Å². The summed E-state index contributed by atoms with van der Waals surface area (Å²) in [7, 11) is 1.84. The molecule has 0 N–H and O–H groups in total. The predicted octanol–water partition coefficient (Wildman–Crippen LogP) is 2.69. The number of carbonyl (C=O) groups excluding carboxylic acids is 1. The lowest BCUT2D eigenvalue weighted by Gasteiger charge is -2.17. The number of pyridine rings is 1. The van der Waals surface area contributed by atoms with Crippen LogP contribution in [-0.2, 0) is 13.5 Å². The Labute approximate surface area is 134 Å². The maximum Gasteiger partial charge on any atom is 0.262 e. The maximum absolute atomic E-state index is 13.1. The van der Waals surface area contributed by atoms with Gasteiger partial charge in [0.1, 0.15) is 5.69 Å². The molecule has 1 amide bonds. The van der Waals surface area contributed by atoms with Gasteiger partial charge in [-0.05, 0) is 18.1 Å². The van der Waals surface area contributed by atoms with Crippen LogP contribution in [-0.4, -0.2) is 27.2 Å². The van der Waals surface area contributed by atoms with Crippen LogP contribution in [0, 0.1) is 0 Å². The Morgan fingerprint density at radius 3 is 2.83 bits per heavy atom. The molecular weight excluding hydrogens is 288 g/mol. The smallest absolute Gasteiger partial charge is 0.262 e. The number of hydrogen-bond acceptors (Lipinski definition) is 3. The lowest BCUT2D eigenvalue weighted by molar-refractivity contribution is 0.0990. The van der Waals surface area contributed by atoms with Gasteiger partial charge in [-0.2, -0.15) is 5.10 Å². The third kappa shape index (κ3) is 2.30. The summed E-state index contributed by atoms with van der Waals surface area (Å²) in [6.07, 6.45) is 6.20. The van der Waals surface area contributed by atoms with Crippen molar-refractivity contribution in [3.8, 4) is 11.3 Å². The molecule has 0 saturated carbocycles. The van der Waals surface area contributed by atoms with Crippen LogP contribution in [0.5, 0.6) is 0 Å². The Balaban J connectivity index is 1.76. The average Bonchev–Trinajstić information content (AvgIpc) is 3.19. The van der Waals surface area contributed by atoms with E-state index >= 15 is 0 Å². The zero-order valence-electron chi connectivity index (χ0n) is 12.8. The highest BCUT2D eigenvalue weighted by Gasteiger charge is 2.28. The molecule has 0 saturated heterocycles. The number of fused-ring (bicyclic) bond motifs is 1. The highest BCUT2D eigenvalue weighted by molar-refractivity contribution is 6.10. The number of nitrogens with zero attached hydrogens (tertiary/aromatic N) is 4. The molecule has 2 aromatic heterocycles. The summed E-state index contributed by atoms with van der Waals surface area (Å²) in [6, 6.07) is 11.7. The molecule has 3 heterocycles. The number of aryl methyl sites for hydroxylation is 1. The van der Waals surface area contributed by atoms with Gasteiger partial charge in [0.05, 0.1) is 11.3 Å². The van der Waals surface area contributed by atoms with Crippen LogP contribution in [0.25, 0.3) is 11.3 Å². The van der Waals surface area contributed by atoms with Crippen molar-refractivity contribution in [2.75, 3.05) is 11.4 Å². The maximum atomic E-state index is 13.1. The molecule has 114 valence electrons. The zero-order chi connectivity index (χ0) is 15.8. The van der Waals surface area contributed by atoms with Gasteiger partial charge in [0.2, 0.25) is 0 Å². The molecule has 4 rings (SSSR count). The van der Waals surface area contributed by atoms with Crippen LogP contribution in [0.4, 0.5) is 5.69 Å². The lowest BCUT2D eigenvalue weighted by atomic mass is 10.1. The summed E-state index contributed by atoms with van der Waals surface area (Å²) in [5.74, 6) is -0.0121. The van der Waals surface area contributed by atoms with E-state index in [2.05, 4.69) is 10.1 Å². The quantitative estimate of drug-likeness (QED) is 0.731. The first-order chi connectivity index (χ1) is 11.2. The predicted molar refractivity (Wildman–Crippen MR) is 88.3 cm³/mol. The van der Waals surface area contributed by atoms with E-state index in [0.717, 1.165) is 28.9 Å².